The summed E-state index contributed by atoms with van der Waals surface area (Å²) in [6.45, 7) is 9.40. The molecule has 0 aliphatic rings. The molecule has 52 heavy (non-hydrogen) atoms. The van der Waals surface area contributed by atoms with Gasteiger partial charge in [0.25, 0.3) is 5.91 Å². The molecule has 0 bridgehead atoms. The molecule has 2 unspecified atom stereocenters. The van der Waals surface area contributed by atoms with Crippen molar-refractivity contribution >= 4 is 33.2 Å². The minimum Gasteiger partial charge on any atom is -0.507 e. The number of phenolic OH excluding ortho intramolecular Hbond substituents is 5. The first-order chi connectivity index (χ1) is 24.8. The van der Waals surface area contributed by atoms with Crippen LogP contribution in [-0.4, -0.2) is 43.8 Å². The Labute approximate surface area is 302 Å². The zero-order chi connectivity index (χ0) is 37.4. The van der Waals surface area contributed by atoms with Crippen LogP contribution in [0.15, 0.2) is 84.9 Å². The van der Waals surface area contributed by atoms with Crippen molar-refractivity contribution in [3.05, 3.63) is 124 Å². The molecule has 0 spiro atoms. The average Bonchev–Trinajstić information content (AvgIpc) is 3.13. The van der Waals surface area contributed by atoms with Crippen LogP contribution in [0, 0.1) is 20.8 Å². The third-order valence-electron chi connectivity index (χ3n) is 10.2. The van der Waals surface area contributed by atoms with Crippen LogP contribution >= 0.6 is 0 Å². The minimum atomic E-state index is -0.622. The maximum atomic E-state index is 13.7. The van der Waals surface area contributed by atoms with E-state index in [4.69, 9.17) is 0 Å². The number of hydrogen-bond donors (Lipinski definition) is 6. The minimum absolute atomic E-state index is 0.0318. The van der Waals surface area contributed by atoms with E-state index in [1.165, 1.54) is 6.07 Å². The maximum Gasteiger partial charge on any atom is 0.255 e. The second-order valence-electron chi connectivity index (χ2n) is 13.9. The van der Waals surface area contributed by atoms with Crippen molar-refractivity contribution in [1.29, 1.82) is 0 Å². The number of rotatable bonds is 10. The number of carbonyl (C=O) groups excluding carboxylic acids is 2. The van der Waals surface area contributed by atoms with Crippen LogP contribution in [0.3, 0.4) is 0 Å². The van der Waals surface area contributed by atoms with Crippen LogP contribution in [0.5, 0.6) is 28.7 Å². The number of amides is 1. The van der Waals surface area contributed by atoms with E-state index in [-0.39, 0.29) is 75.3 Å². The second kappa shape index (κ2) is 14.3. The van der Waals surface area contributed by atoms with Gasteiger partial charge in [0.05, 0.1) is 11.1 Å². The molecule has 0 saturated carbocycles. The Hall–Kier alpha value is -6.02. The highest BCUT2D eigenvalue weighted by Gasteiger charge is 2.28. The predicted octanol–water partition coefficient (Wildman–Crippen LogP) is 9.41. The topological polar surface area (TPSA) is 147 Å². The molecule has 0 aliphatic carbocycles. The van der Waals surface area contributed by atoms with Gasteiger partial charge in [-0.25, -0.2) is 0 Å². The maximum absolute atomic E-state index is 13.7. The molecule has 0 aromatic heterocycles. The molecule has 0 aliphatic heterocycles. The predicted molar refractivity (Wildman–Crippen MR) is 205 cm³/mol. The Kier molecular flexibility index (Phi) is 9.85. The van der Waals surface area contributed by atoms with Gasteiger partial charge in [0.15, 0.2) is 17.3 Å². The van der Waals surface area contributed by atoms with Crippen LogP contribution in [0.25, 0.3) is 32.7 Å². The smallest absolute Gasteiger partial charge is 0.255 e. The Morgan fingerprint density at radius 2 is 1.06 bits per heavy atom. The Balaban J connectivity index is 1.41. The Bertz CT molecular complexity index is 2180. The van der Waals surface area contributed by atoms with Gasteiger partial charge in [-0.1, -0.05) is 74.5 Å². The van der Waals surface area contributed by atoms with Gasteiger partial charge in [-0.2, -0.15) is 0 Å². The third kappa shape index (κ3) is 6.48. The highest BCUT2D eigenvalue weighted by atomic mass is 16.3. The number of carbonyl (C=O) groups is 2. The summed E-state index contributed by atoms with van der Waals surface area (Å²) >= 11 is 0. The summed E-state index contributed by atoms with van der Waals surface area (Å²) in [5, 5.41) is 60.4. The fraction of sp³-hybridized carbons (Fsp3) is 0.227. The molecule has 2 atom stereocenters. The summed E-state index contributed by atoms with van der Waals surface area (Å²) in [7, 11) is 0. The third-order valence-corrected chi connectivity index (χ3v) is 10.2. The molecule has 0 radical (unpaired) electrons. The van der Waals surface area contributed by atoms with Crippen LogP contribution < -0.4 is 5.32 Å². The number of aromatic hydroxyl groups is 5. The lowest BCUT2D eigenvalue weighted by molar-refractivity contribution is 0.0947. The van der Waals surface area contributed by atoms with Crippen molar-refractivity contribution in [2.24, 2.45) is 0 Å². The van der Waals surface area contributed by atoms with E-state index in [1.807, 2.05) is 67.6 Å². The summed E-state index contributed by atoms with van der Waals surface area (Å²) in [6.07, 6.45) is 0.755. The van der Waals surface area contributed by atoms with E-state index < -0.39 is 17.4 Å². The molecule has 1 amide bonds. The first kappa shape index (κ1) is 35.8. The van der Waals surface area contributed by atoms with Crippen LogP contribution in [0.1, 0.15) is 87.1 Å². The quantitative estimate of drug-likeness (QED) is 0.0617. The van der Waals surface area contributed by atoms with Crippen molar-refractivity contribution in [2.75, 3.05) is 6.54 Å². The van der Waals surface area contributed by atoms with Crippen LogP contribution in [0.4, 0.5) is 0 Å². The SMILES string of the molecule is Cc1cc2c(O)c(-c3c(C)cc4c(C(=O)NCC(C)c5ccccc5)c(O)c(O)cc4c3O)c(C)cc2c(C(=O)CCC(C)c2ccccc2)c1O. The molecule has 6 aromatic rings. The van der Waals surface area contributed by atoms with E-state index in [9.17, 15) is 35.1 Å². The fourth-order valence-corrected chi connectivity index (χ4v) is 7.20. The van der Waals surface area contributed by atoms with Crippen molar-refractivity contribution in [1.82, 2.24) is 5.32 Å². The normalized spacial score (nSPS) is 12.6. The first-order valence-electron chi connectivity index (χ1n) is 17.4. The molecular weight excluding hydrogens is 654 g/mol. The van der Waals surface area contributed by atoms with Gasteiger partial charge in [0.2, 0.25) is 0 Å². The summed E-state index contributed by atoms with van der Waals surface area (Å²) in [5.41, 5.74) is 4.06. The summed E-state index contributed by atoms with van der Waals surface area (Å²) in [4.78, 5) is 27.3. The fourth-order valence-electron chi connectivity index (χ4n) is 7.20. The lowest BCUT2D eigenvalue weighted by atomic mass is 9.85. The van der Waals surface area contributed by atoms with E-state index in [2.05, 4.69) is 12.2 Å². The van der Waals surface area contributed by atoms with E-state index in [0.717, 1.165) is 11.1 Å². The van der Waals surface area contributed by atoms with Gasteiger partial charge in [-0.3, -0.25) is 9.59 Å². The molecule has 8 nitrogen and oxygen atoms in total. The van der Waals surface area contributed by atoms with E-state index >= 15 is 0 Å². The van der Waals surface area contributed by atoms with Crippen molar-refractivity contribution in [3.8, 4) is 39.9 Å². The number of ketones is 1. The zero-order valence-electron chi connectivity index (χ0n) is 29.9. The number of aryl methyl sites for hydroxylation is 3. The lowest BCUT2D eigenvalue weighted by Crippen LogP contribution is -2.27. The van der Waals surface area contributed by atoms with Gasteiger partial charge >= 0.3 is 0 Å². The van der Waals surface area contributed by atoms with Crippen LogP contribution in [0.2, 0.25) is 0 Å². The number of Topliss-reactive ketones (excluding diaryl/α,β-unsaturated/α-hetero) is 1. The van der Waals surface area contributed by atoms with E-state index in [0.29, 0.717) is 39.4 Å². The molecule has 6 aromatic carbocycles. The molecular formula is C44H43NO7. The van der Waals surface area contributed by atoms with Gasteiger partial charge in [0, 0.05) is 45.6 Å². The van der Waals surface area contributed by atoms with Crippen molar-refractivity contribution in [3.63, 3.8) is 0 Å². The molecule has 6 N–H and O–H groups in total. The van der Waals surface area contributed by atoms with Gasteiger partial charge in [-0.05, 0) is 91.1 Å². The van der Waals surface area contributed by atoms with Crippen LogP contribution in [-0.2, 0) is 0 Å². The number of benzene rings is 6. The van der Waals surface area contributed by atoms with Gasteiger partial charge in [-0.15, -0.1) is 0 Å². The monoisotopic (exact) mass is 697 g/mol. The molecule has 0 fully saturated rings. The van der Waals surface area contributed by atoms with Crippen molar-refractivity contribution in [2.45, 2.75) is 59.3 Å². The van der Waals surface area contributed by atoms with E-state index in [1.54, 1.807) is 39.0 Å². The summed E-state index contributed by atoms with van der Waals surface area (Å²) in [5.74, 6) is -2.62. The number of fused-ring (bicyclic) bond motifs is 2. The molecule has 0 heterocycles. The van der Waals surface area contributed by atoms with Crippen molar-refractivity contribution < 1.29 is 35.1 Å². The zero-order valence-corrected chi connectivity index (χ0v) is 29.9. The Morgan fingerprint density at radius 1 is 0.577 bits per heavy atom. The number of nitrogens with one attached hydrogen (secondary N) is 1. The van der Waals surface area contributed by atoms with Gasteiger partial charge in [0.1, 0.15) is 17.2 Å². The molecule has 8 heteroatoms. The molecule has 6 rings (SSSR count). The highest BCUT2D eigenvalue weighted by molar-refractivity contribution is 6.16. The molecule has 266 valence electrons. The first-order valence-corrected chi connectivity index (χ1v) is 17.4. The number of hydrogen-bond acceptors (Lipinski definition) is 7. The number of phenols is 5. The molecule has 0 saturated heterocycles. The largest absolute Gasteiger partial charge is 0.507 e. The second-order valence-corrected chi connectivity index (χ2v) is 13.9. The average molecular weight is 698 g/mol. The highest BCUT2D eigenvalue weighted by Crippen LogP contribution is 2.50. The van der Waals surface area contributed by atoms with Gasteiger partial charge < -0.3 is 30.8 Å². The lowest BCUT2D eigenvalue weighted by Gasteiger charge is -2.21. The Morgan fingerprint density at radius 3 is 1.62 bits per heavy atom. The summed E-state index contributed by atoms with van der Waals surface area (Å²) in [6, 6.07) is 25.7. The standard InChI is InChI=1S/C44H43NO7/c1-23(28-12-8-6-9-13-28)16-17-34(46)38-30-18-24(2)36(41(49)32(30)20-26(4)40(38)48)37-25(3)19-31-33(42(37)50)21-35(47)43(51)39(31)44(52)45-22-27(5)29-14-10-7-11-15-29/h6-15,18-21,23,27,47-51H,16-17,22H2,1-5H3,(H,45,52). The summed E-state index contributed by atoms with van der Waals surface area (Å²) < 4.78 is 0.